The molecule has 1 aliphatic carbocycles. The van der Waals surface area contributed by atoms with E-state index in [0.29, 0.717) is 30.5 Å². The topological polar surface area (TPSA) is 155 Å². The largest absolute Gasteiger partial charge is 0.487 e. The maximum Gasteiger partial charge on any atom is 0.407 e. The van der Waals surface area contributed by atoms with Crippen molar-refractivity contribution in [1.29, 1.82) is 0 Å². The number of carbonyl (C=O) groups excluding carboxylic acids is 1. The molecule has 4 N–H and O–H groups in total. The van der Waals surface area contributed by atoms with E-state index in [9.17, 15) is 23.1 Å². The summed E-state index contributed by atoms with van der Waals surface area (Å²) in [6, 6.07) is 14.9. The van der Waals surface area contributed by atoms with Crippen molar-refractivity contribution in [2.75, 3.05) is 13.2 Å². The number of ether oxygens (including phenoxy) is 2. The third kappa shape index (κ3) is 7.50. The molecule has 256 valence electrons. The van der Waals surface area contributed by atoms with E-state index in [1.54, 1.807) is 6.92 Å². The lowest BCUT2D eigenvalue weighted by atomic mass is 9.88. The molecule has 3 aromatic rings. The van der Waals surface area contributed by atoms with Crippen LogP contribution in [-0.4, -0.2) is 56.7 Å². The fraction of sp³-hybridized carbons (Fsp3) is 0.417. The highest BCUT2D eigenvalue weighted by atomic mass is 32.2. The van der Waals surface area contributed by atoms with Gasteiger partial charge in [0.15, 0.2) is 0 Å². The Balaban J connectivity index is 1.06. The van der Waals surface area contributed by atoms with Crippen molar-refractivity contribution in [3.63, 3.8) is 0 Å². The van der Waals surface area contributed by atoms with Gasteiger partial charge in [0.2, 0.25) is 0 Å². The van der Waals surface area contributed by atoms with Crippen molar-refractivity contribution in [3.8, 4) is 16.9 Å². The molecule has 2 aliphatic rings. The first-order valence-electron chi connectivity index (χ1n) is 16.2. The smallest absolute Gasteiger partial charge is 0.407 e. The van der Waals surface area contributed by atoms with Crippen LogP contribution in [0.5, 0.6) is 5.75 Å². The van der Waals surface area contributed by atoms with Gasteiger partial charge in [0, 0.05) is 12.5 Å². The Morgan fingerprint density at radius 1 is 1.02 bits per heavy atom. The van der Waals surface area contributed by atoms with Crippen molar-refractivity contribution < 1.29 is 32.6 Å². The second-order valence-corrected chi connectivity index (χ2v) is 14.6. The van der Waals surface area contributed by atoms with Crippen LogP contribution in [0.2, 0.25) is 0 Å². The zero-order chi connectivity index (χ0) is 34.6. The average molecular weight is 677 g/mol. The normalized spacial score (nSPS) is 15.6. The standard InChI is InChI=1S/C36H44N4O7S/c1-22-23(2)33(24(3)25-17-18-36(4,5)47-32(22)25)48(44,45)40-38-21-37-19-11-10-16-31(34(41)42)39-35(43)46-20-30-28-14-8-6-12-26(28)27-13-7-9-15-29(27)30/h6-9,12-15,21,30-31,40H,10-11,16-20H2,1-5H3,(H,37,38)(H,39,43)(H,41,42)/t31-/m0/s1. The minimum atomic E-state index is -3.90. The number of hydrogen-bond acceptors (Lipinski definition) is 7. The van der Waals surface area contributed by atoms with Gasteiger partial charge in [0.05, 0.1) is 11.2 Å². The number of carbonyl (C=O) groups is 2. The highest BCUT2D eigenvalue weighted by Gasteiger charge is 2.34. The number of amides is 1. The summed E-state index contributed by atoms with van der Waals surface area (Å²) in [5, 5.41) is 12.1. The molecule has 0 spiro atoms. The van der Waals surface area contributed by atoms with E-state index in [0.717, 1.165) is 52.0 Å². The summed E-state index contributed by atoms with van der Waals surface area (Å²) in [5.41, 5.74) is 9.64. The quantitative estimate of drug-likeness (QED) is 0.0779. The van der Waals surface area contributed by atoms with Crippen molar-refractivity contribution >= 4 is 28.4 Å². The first kappa shape index (κ1) is 34.9. The van der Waals surface area contributed by atoms with Crippen LogP contribution >= 0.6 is 0 Å². The van der Waals surface area contributed by atoms with Gasteiger partial charge in [-0.15, -0.1) is 4.83 Å². The van der Waals surface area contributed by atoms with Gasteiger partial charge in [-0.3, -0.25) is 10.4 Å². The monoisotopic (exact) mass is 676 g/mol. The van der Waals surface area contributed by atoms with Crippen LogP contribution in [0.1, 0.15) is 78.8 Å². The minimum Gasteiger partial charge on any atom is -0.487 e. The number of carboxylic acid groups (broad SMARTS) is 1. The van der Waals surface area contributed by atoms with E-state index in [1.807, 2.05) is 76.2 Å². The number of hydrazine groups is 1. The Morgan fingerprint density at radius 2 is 1.67 bits per heavy atom. The van der Waals surface area contributed by atoms with Gasteiger partial charge in [0.1, 0.15) is 24.0 Å². The summed E-state index contributed by atoms with van der Waals surface area (Å²) in [5.74, 6) is -0.505. The number of benzene rings is 3. The molecule has 1 atom stereocenters. The van der Waals surface area contributed by atoms with Gasteiger partial charge in [0.25, 0.3) is 10.0 Å². The van der Waals surface area contributed by atoms with E-state index in [2.05, 4.69) is 20.6 Å². The van der Waals surface area contributed by atoms with E-state index in [4.69, 9.17) is 9.47 Å². The molecule has 0 saturated heterocycles. The number of unbranched alkanes of at least 4 members (excludes halogenated alkanes) is 1. The molecule has 5 rings (SSSR count). The zero-order valence-corrected chi connectivity index (χ0v) is 28.9. The fourth-order valence-corrected chi connectivity index (χ4v) is 8.00. The van der Waals surface area contributed by atoms with Crippen LogP contribution < -0.4 is 20.3 Å². The summed E-state index contributed by atoms with van der Waals surface area (Å²) in [6.07, 6.45) is 3.19. The number of nitrogens with one attached hydrogen (secondary N) is 3. The number of sulfonamides is 1. The van der Waals surface area contributed by atoms with Crippen LogP contribution in [0, 0.1) is 20.8 Å². The highest BCUT2D eigenvalue weighted by Crippen LogP contribution is 2.45. The van der Waals surface area contributed by atoms with Crippen LogP contribution in [0.3, 0.4) is 0 Å². The summed E-state index contributed by atoms with van der Waals surface area (Å²) in [7, 11) is -3.90. The first-order chi connectivity index (χ1) is 22.8. The molecule has 0 aromatic heterocycles. The predicted octanol–water partition coefficient (Wildman–Crippen LogP) is 5.69. The lowest BCUT2D eigenvalue weighted by Gasteiger charge is -2.35. The predicted molar refractivity (Wildman–Crippen MR) is 184 cm³/mol. The van der Waals surface area contributed by atoms with Crippen LogP contribution in [-0.2, 0) is 26.0 Å². The van der Waals surface area contributed by atoms with Crippen molar-refractivity contribution in [1.82, 2.24) is 15.6 Å². The van der Waals surface area contributed by atoms with E-state index >= 15 is 0 Å². The van der Waals surface area contributed by atoms with Gasteiger partial charge < -0.3 is 19.9 Å². The Bertz CT molecular complexity index is 1790. The van der Waals surface area contributed by atoms with Gasteiger partial charge in [-0.05, 0) is 111 Å². The molecule has 12 heteroatoms. The van der Waals surface area contributed by atoms with E-state index < -0.39 is 28.1 Å². The van der Waals surface area contributed by atoms with Crippen molar-refractivity contribution in [3.05, 3.63) is 81.9 Å². The molecule has 11 nitrogen and oxygen atoms in total. The fourth-order valence-electron chi connectivity index (χ4n) is 6.61. The molecule has 0 saturated carbocycles. The van der Waals surface area contributed by atoms with Crippen molar-refractivity contribution in [2.24, 2.45) is 4.99 Å². The summed E-state index contributed by atoms with van der Waals surface area (Å²) in [4.78, 5) is 31.2. The van der Waals surface area contributed by atoms with Crippen molar-refractivity contribution in [2.45, 2.75) is 89.2 Å². The first-order valence-corrected chi connectivity index (χ1v) is 17.7. The maximum atomic E-state index is 13.3. The van der Waals surface area contributed by atoms with E-state index in [1.165, 1.54) is 6.34 Å². The van der Waals surface area contributed by atoms with Crippen LogP contribution in [0.25, 0.3) is 11.1 Å². The molecule has 0 fully saturated rings. The molecular weight excluding hydrogens is 632 g/mol. The molecule has 3 aromatic carbocycles. The molecule has 1 aliphatic heterocycles. The molecule has 1 amide bonds. The average Bonchev–Trinajstić information content (AvgIpc) is 3.36. The van der Waals surface area contributed by atoms with Gasteiger partial charge in [-0.25, -0.2) is 18.0 Å². The highest BCUT2D eigenvalue weighted by molar-refractivity contribution is 7.89. The molecule has 0 bridgehead atoms. The second-order valence-electron chi connectivity index (χ2n) is 13.0. The SMILES string of the molecule is Cc1c(C)c(S(=O)(=O)NNC=NCCCC[C@H](NC(=O)OCC2c3ccccc3-c3ccccc32)C(=O)O)c(C)c2c1OC(C)(C)CC2. The van der Waals surface area contributed by atoms with Crippen LogP contribution in [0.4, 0.5) is 4.79 Å². The Morgan fingerprint density at radius 3 is 2.31 bits per heavy atom. The number of alkyl carbamates (subject to hydrolysis) is 1. The number of carboxylic acids is 1. The third-order valence-electron chi connectivity index (χ3n) is 9.25. The summed E-state index contributed by atoms with van der Waals surface area (Å²) >= 11 is 0. The number of aliphatic carboxylic acids is 1. The minimum absolute atomic E-state index is 0.0929. The molecular formula is C36H44N4O7S. The lowest BCUT2D eigenvalue weighted by molar-refractivity contribution is -0.139. The molecule has 0 radical (unpaired) electrons. The Hall–Kier alpha value is -4.42. The molecule has 0 unspecified atom stereocenters. The molecule has 1 heterocycles. The van der Waals surface area contributed by atoms with Crippen LogP contribution in [0.15, 0.2) is 58.4 Å². The number of fused-ring (bicyclic) bond motifs is 4. The molecule has 48 heavy (non-hydrogen) atoms. The summed E-state index contributed by atoms with van der Waals surface area (Å²) < 4.78 is 38.2. The summed E-state index contributed by atoms with van der Waals surface area (Å²) in [6.45, 7) is 9.95. The number of nitrogens with zero attached hydrogens (tertiary/aromatic N) is 1. The second kappa shape index (κ2) is 14.4. The maximum absolute atomic E-state index is 13.3. The number of aliphatic imine (C=N–C) groups is 1. The number of rotatable bonds is 13. The van der Waals surface area contributed by atoms with Gasteiger partial charge in [-0.2, -0.15) is 0 Å². The third-order valence-corrected chi connectivity index (χ3v) is 10.8. The lowest BCUT2D eigenvalue weighted by Crippen LogP contribution is -2.41. The van der Waals surface area contributed by atoms with E-state index in [-0.39, 0.29) is 29.4 Å². The number of hydrogen-bond donors (Lipinski definition) is 4. The van der Waals surface area contributed by atoms with Gasteiger partial charge in [-0.1, -0.05) is 48.5 Å². The van der Waals surface area contributed by atoms with Gasteiger partial charge >= 0.3 is 12.1 Å². The zero-order valence-electron chi connectivity index (χ0n) is 28.1. The Kier molecular flexibility index (Phi) is 10.4. The Labute approximate surface area is 282 Å².